The summed E-state index contributed by atoms with van der Waals surface area (Å²) in [4.78, 5) is 19.0. The average molecular weight is 262 g/mol. The van der Waals surface area contributed by atoms with Gasteiger partial charge in [-0.05, 0) is 31.7 Å². The van der Waals surface area contributed by atoms with E-state index in [1.54, 1.807) is 0 Å². The van der Waals surface area contributed by atoms with Crippen LogP contribution in [0.2, 0.25) is 0 Å². The maximum atomic E-state index is 12.4. The van der Waals surface area contributed by atoms with Crippen LogP contribution in [0.3, 0.4) is 0 Å². The molecule has 0 spiro atoms. The van der Waals surface area contributed by atoms with E-state index in [9.17, 15) is 4.79 Å². The standard InChI is InChI=1S/C15H22N2O2/c1-12-5-7-13(8-6-12)10-15(18)17-9-3-2-4-14(17)11-19-16/h5-8,14H,2-4,9-11,16H2,1H3. The zero-order valence-electron chi connectivity index (χ0n) is 11.5. The number of piperidine rings is 1. The number of nitrogens with zero attached hydrogens (tertiary/aromatic N) is 1. The van der Waals surface area contributed by atoms with Crippen molar-refractivity contribution in [3.8, 4) is 0 Å². The number of carbonyl (C=O) groups excluding carboxylic acids is 1. The Morgan fingerprint density at radius 2 is 2.11 bits per heavy atom. The third-order valence-corrected chi connectivity index (χ3v) is 3.71. The van der Waals surface area contributed by atoms with E-state index < -0.39 is 0 Å². The molecule has 1 unspecified atom stereocenters. The Bertz CT molecular complexity index is 415. The maximum Gasteiger partial charge on any atom is 0.227 e. The predicted molar refractivity (Wildman–Crippen MR) is 74.4 cm³/mol. The Labute approximate surface area is 114 Å². The van der Waals surface area contributed by atoms with E-state index in [2.05, 4.69) is 0 Å². The largest absolute Gasteiger partial charge is 0.337 e. The van der Waals surface area contributed by atoms with Crippen LogP contribution in [0.15, 0.2) is 24.3 Å². The van der Waals surface area contributed by atoms with Crippen LogP contribution in [0.5, 0.6) is 0 Å². The molecule has 1 amide bonds. The molecule has 1 aliphatic rings. The highest BCUT2D eigenvalue weighted by Crippen LogP contribution is 2.18. The molecule has 0 radical (unpaired) electrons. The second-order valence-corrected chi connectivity index (χ2v) is 5.23. The van der Waals surface area contributed by atoms with Crippen LogP contribution in [0.4, 0.5) is 0 Å². The number of rotatable bonds is 4. The van der Waals surface area contributed by atoms with Crippen molar-refractivity contribution in [1.29, 1.82) is 0 Å². The monoisotopic (exact) mass is 262 g/mol. The Hall–Kier alpha value is -1.39. The van der Waals surface area contributed by atoms with E-state index >= 15 is 0 Å². The zero-order chi connectivity index (χ0) is 13.7. The third kappa shape index (κ3) is 3.78. The fourth-order valence-electron chi connectivity index (χ4n) is 2.60. The van der Waals surface area contributed by atoms with E-state index in [0.29, 0.717) is 13.0 Å². The third-order valence-electron chi connectivity index (χ3n) is 3.71. The van der Waals surface area contributed by atoms with Crippen LogP contribution < -0.4 is 5.90 Å². The summed E-state index contributed by atoms with van der Waals surface area (Å²) in [6.45, 7) is 3.29. The number of amides is 1. The summed E-state index contributed by atoms with van der Waals surface area (Å²) in [6, 6.07) is 8.26. The molecule has 104 valence electrons. The quantitative estimate of drug-likeness (QED) is 0.842. The van der Waals surface area contributed by atoms with Crippen LogP contribution in [0.25, 0.3) is 0 Å². The van der Waals surface area contributed by atoms with Crippen LogP contribution in [0, 0.1) is 6.92 Å². The minimum atomic E-state index is 0.136. The van der Waals surface area contributed by atoms with Gasteiger partial charge in [0.25, 0.3) is 0 Å². The van der Waals surface area contributed by atoms with Gasteiger partial charge in [-0.25, -0.2) is 5.90 Å². The van der Waals surface area contributed by atoms with Crippen molar-refractivity contribution in [2.75, 3.05) is 13.2 Å². The molecule has 0 aliphatic carbocycles. The van der Waals surface area contributed by atoms with Crippen molar-refractivity contribution < 1.29 is 9.63 Å². The molecule has 1 fully saturated rings. The summed E-state index contributed by atoms with van der Waals surface area (Å²) in [6.07, 6.45) is 3.65. The Kier molecular flexibility index (Phi) is 4.93. The highest BCUT2D eigenvalue weighted by molar-refractivity contribution is 5.79. The molecule has 4 heteroatoms. The molecule has 1 aromatic carbocycles. The summed E-state index contributed by atoms with van der Waals surface area (Å²) in [5.74, 6) is 5.32. The first-order chi connectivity index (χ1) is 9.20. The summed E-state index contributed by atoms with van der Waals surface area (Å²) < 4.78 is 0. The SMILES string of the molecule is Cc1ccc(CC(=O)N2CCCCC2CON)cc1. The van der Waals surface area contributed by atoms with Crippen LogP contribution in [-0.2, 0) is 16.1 Å². The van der Waals surface area contributed by atoms with Gasteiger partial charge in [0.15, 0.2) is 0 Å². The topological polar surface area (TPSA) is 55.6 Å². The van der Waals surface area contributed by atoms with Gasteiger partial charge in [0, 0.05) is 6.54 Å². The van der Waals surface area contributed by atoms with E-state index in [0.717, 1.165) is 31.4 Å². The Morgan fingerprint density at radius 1 is 1.37 bits per heavy atom. The minimum Gasteiger partial charge on any atom is -0.337 e. The maximum absolute atomic E-state index is 12.4. The Morgan fingerprint density at radius 3 is 2.79 bits per heavy atom. The number of benzene rings is 1. The van der Waals surface area contributed by atoms with Gasteiger partial charge >= 0.3 is 0 Å². The molecule has 0 bridgehead atoms. The van der Waals surface area contributed by atoms with Gasteiger partial charge in [-0.1, -0.05) is 29.8 Å². The van der Waals surface area contributed by atoms with Crippen molar-refractivity contribution in [2.24, 2.45) is 5.90 Å². The lowest BCUT2D eigenvalue weighted by molar-refractivity contribution is -0.135. The molecule has 1 atom stereocenters. The zero-order valence-corrected chi connectivity index (χ0v) is 11.5. The number of carbonyl (C=O) groups is 1. The van der Waals surface area contributed by atoms with Crippen molar-refractivity contribution >= 4 is 5.91 Å². The minimum absolute atomic E-state index is 0.136. The smallest absolute Gasteiger partial charge is 0.227 e. The summed E-state index contributed by atoms with van der Waals surface area (Å²) in [5, 5.41) is 0. The normalized spacial score (nSPS) is 19.5. The van der Waals surface area contributed by atoms with Gasteiger partial charge in [0.05, 0.1) is 19.1 Å². The first kappa shape index (κ1) is 14.0. The fourth-order valence-corrected chi connectivity index (χ4v) is 2.60. The lowest BCUT2D eigenvalue weighted by Crippen LogP contribution is -2.47. The van der Waals surface area contributed by atoms with Crippen molar-refractivity contribution in [3.05, 3.63) is 35.4 Å². The van der Waals surface area contributed by atoms with Gasteiger partial charge in [0.2, 0.25) is 5.91 Å². The molecule has 1 aromatic rings. The molecule has 19 heavy (non-hydrogen) atoms. The molecule has 4 nitrogen and oxygen atoms in total. The number of aryl methyl sites for hydroxylation is 1. The van der Waals surface area contributed by atoms with Gasteiger partial charge in [-0.2, -0.15) is 0 Å². The van der Waals surface area contributed by atoms with Crippen molar-refractivity contribution in [2.45, 2.75) is 38.6 Å². The summed E-state index contributed by atoms with van der Waals surface area (Å²) in [7, 11) is 0. The first-order valence-corrected chi connectivity index (χ1v) is 6.87. The average Bonchev–Trinajstić information content (AvgIpc) is 2.42. The highest BCUT2D eigenvalue weighted by Gasteiger charge is 2.26. The molecule has 1 saturated heterocycles. The number of likely N-dealkylation sites (tertiary alicyclic amines) is 1. The summed E-state index contributed by atoms with van der Waals surface area (Å²) >= 11 is 0. The van der Waals surface area contributed by atoms with E-state index in [1.807, 2.05) is 36.1 Å². The van der Waals surface area contributed by atoms with E-state index in [1.165, 1.54) is 5.56 Å². The van der Waals surface area contributed by atoms with E-state index in [4.69, 9.17) is 10.7 Å². The predicted octanol–water partition coefficient (Wildman–Crippen LogP) is 1.81. The molecular weight excluding hydrogens is 240 g/mol. The van der Waals surface area contributed by atoms with Gasteiger partial charge < -0.3 is 9.74 Å². The van der Waals surface area contributed by atoms with Gasteiger partial charge in [-0.3, -0.25) is 4.79 Å². The molecule has 2 N–H and O–H groups in total. The van der Waals surface area contributed by atoms with E-state index in [-0.39, 0.29) is 11.9 Å². The first-order valence-electron chi connectivity index (χ1n) is 6.87. The molecule has 1 aliphatic heterocycles. The van der Waals surface area contributed by atoms with Gasteiger partial charge in [-0.15, -0.1) is 0 Å². The number of hydrogen-bond donors (Lipinski definition) is 1. The van der Waals surface area contributed by atoms with Crippen LogP contribution >= 0.6 is 0 Å². The van der Waals surface area contributed by atoms with Crippen LogP contribution in [-0.4, -0.2) is 30.0 Å². The summed E-state index contributed by atoms with van der Waals surface area (Å²) in [5.41, 5.74) is 2.28. The van der Waals surface area contributed by atoms with Crippen molar-refractivity contribution in [3.63, 3.8) is 0 Å². The molecule has 2 rings (SSSR count). The van der Waals surface area contributed by atoms with Gasteiger partial charge in [0.1, 0.15) is 0 Å². The van der Waals surface area contributed by atoms with Crippen molar-refractivity contribution in [1.82, 2.24) is 4.90 Å². The Balaban J connectivity index is 1.99. The molecule has 0 aromatic heterocycles. The molecule has 0 saturated carbocycles. The van der Waals surface area contributed by atoms with Crippen LogP contribution in [0.1, 0.15) is 30.4 Å². The lowest BCUT2D eigenvalue weighted by Gasteiger charge is -2.35. The second-order valence-electron chi connectivity index (χ2n) is 5.23. The molecule has 1 heterocycles. The lowest BCUT2D eigenvalue weighted by atomic mass is 10.0. The number of hydrogen-bond acceptors (Lipinski definition) is 3. The highest BCUT2D eigenvalue weighted by atomic mass is 16.6. The molecular formula is C15H22N2O2. The number of nitrogens with two attached hydrogens (primary N) is 1. The second kappa shape index (κ2) is 6.68. The fraction of sp³-hybridized carbons (Fsp3) is 0.533.